The van der Waals surface area contributed by atoms with Crippen LogP contribution >= 0.6 is 0 Å². The lowest BCUT2D eigenvalue weighted by molar-refractivity contribution is -0.134. The van der Waals surface area contributed by atoms with Crippen LogP contribution in [0.15, 0.2) is 40.9 Å². The molecule has 1 unspecified atom stereocenters. The third kappa shape index (κ3) is 5.66. The summed E-state index contributed by atoms with van der Waals surface area (Å²) in [4.78, 5) is 26.8. The van der Waals surface area contributed by atoms with E-state index in [4.69, 9.17) is 4.52 Å². The number of aryl methyl sites for hydroxylation is 2. The molecule has 1 aromatic heterocycles. The van der Waals surface area contributed by atoms with Crippen LogP contribution in [-0.2, 0) is 29.0 Å². The summed E-state index contributed by atoms with van der Waals surface area (Å²) in [5, 5.41) is 9.61. The first kappa shape index (κ1) is 20.1. The van der Waals surface area contributed by atoms with Crippen molar-refractivity contribution in [3.8, 4) is 0 Å². The molecule has 2 aromatic rings. The van der Waals surface area contributed by atoms with Gasteiger partial charge in [0.15, 0.2) is 5.76 Å². The zero-order valence-corrected chi connectivity index (χ0v) is 16.3. The predicted octanol–water partition coefficient (Wildman–Crippen LogP) is 1.68. The number of piperazine rings is 1. The number of rotatable bonds is 9. The lowest BCUT2D eigenvalue weighted by Crippen LogP contribution is -2.56. The Kier molecular flexibility index (Phi) is 7.19. The zero-order chi connectivity index (χ0) is 19.8. The normalized spacial score (nSPS) is 17.3. The van der Waals surface area contributed by atoms with E-state index in [1.165, 1.54) is 5.56 Å². The fourth-order valence-corrected chi connectivity index (χ4v) is 3.42. The predicted molar refractivity (Wildman–Crippen MR) is 105 cm³/mol. The van der Waals surface area contributed by atoms with E-state index in [1.54, 1.807) is 0 Å². The number of carbonyl (C=O) groups excluding carboxylic acids is 2. The van der Waals surface area contributed by atoms with Gasteiger partial charge in [0.05, 0.1) is 24.7 Å². The molecule has 1 aliphatic rings. The van der Waals surface area contributed by atoms with Crippen LogP contribution in [0.4, 0.5) is 0 Å². The summed E-state index contributed by atoms with van der Waals surface area (Å²) in [5.74, 6) is 0.386. The Morgan fingerprint density at radius 3 is 2.93 bits per heavy atom. The summed E-state index contributed by atoms with van der Waals surface area (Å²) >= 11 is 0. The summed E-state index contributed by atoms with van der Waals surface area (Å²) in [7, 11) is 0. The van der Waals surface area contributed by atoms with E-state index >= 15 is 0 Å². The maximum atomic E-state index is 12.4. The van der Waals surface area contributed by atoms with Crippen molar-refractivity contribution in [2.45, 2.75) is 45.2 Å². The summed E-state index contributed by atoms with van der Waals surface area (Å²) in [6.45, 7) is 4.46. The molecule has 7 nitrogen and oxygen atoms in total. The first-order chi connectivity index (χ1) is 13.7. The van der Waals surface area contributed by atoms with Gasteiger partial charge in [-0.2, -0.15) is 0 Å². The second-order valence-electron chi connectivity index (χ2n) is 7.05. The Morgan fingerprint density at radius 2 is 2.18 bits per heavy atom. The third-order valence-corrected chi connectivity index (χ3v) is 5.00. The average Bonchev–Trinajstić information content (AvgIpc) is 3.18. The van der Waals surface area contributed by atoms with E-state index < -0.39 is 6.04 Å². The van der Waals surface area contributed by atoms with Crippen molar-refractivity contribution in [3.63, 3.8) is 0 Å². The maximum absolute atomic E-state index is 12.4. The fourth-order valence-electron chi connectivity index (χ4n) is 3.42. The van der Waals surface area contributed by atoms with Gasteiger partial charge in [0.2, 0.25) is 11.8 Å². The summed E-state index contributed by atoms with van der Waals surface area (Å²) in [6, 6.07) is 11.7. The van der Waals surface area contributed by atoms with Crippen molar-refractivity contribution in [1.82, 2.24) is 20.7 Å². The quantitative estimate of drug-likeness (QED) is 0.687. The van der Waals surface area contributed by atoms with Crippen LogP contribution in [0.1, 0.15) is 36.8 Å². The van der Waals surface area contributed by atoms with Crippen molar-refractivity contribution in [2.75, 3.05) is 19.6 Å². The van der Waals surface area contributed by atoms with Gasteiger partial charge in [-0.15, -0.1) is 0 Å². The second kappa shape index (κ2) is 10.0. The Morgan fingerprint density at radius 1 is 1.36 bits per heavy atom. The van der Waals surface area contributed by atoms with Crippen molar-refractivity contribution in [2.24, 2.45) is 0 Å². The van der Waals surface area contributed by atoms with Crippen LogP contribution in [0.3, 0.4) is 0 Å². The SMILES string of the molecule is CCc1cc(CNC(=O)CC2C(=O)NCCN2CCCc2ccccc2)on1. The number of nitrogens with zero attached hydrogens (tertiary/aromatic N) is 2. The van der Waals surface area contributed by atoms with E-state index in [0.717, 1.165) is 38.0 Å². The molecule has 7 heteroatoms. The number of benzene rings is 1. The van der Waals surface area contributed by atoms with E-state index in [9.17, 15) is 9.59 Å². The van der Waals surface area contributed by atoms with Gasteiger partial charge in [-0.25, -0.2) is 0 Å². The molecule has 150 valence electrons. The van der Waals surface area contributed by atoms with Gasteiger partial charge in [0.25, 0.3) is 0 Å². The van der Waals surface area contributed by atoms with Gasteiger partial charge < -0.3 is 15.2 Å². The van der Waals surface area contributed by atoms with Crippen molar-refractivity contribution in [3.05, 3.63) is 53.4 Å². The Bertz CT molecular complexity index is 775. The minimum Gasteiger partial charge on any atom is -0.359 e. The molecule has 1 fully saturated rings. The Hall–Kier alpha value is -2.67. The van der Waals surface area contributed by atoms with E-state index in [1.807, 2.05) is 31.2 Å². The topological polar surface area (TPSA) is 87.5 Å². The molecule has 1 aliphatic heterocycles. The molecular formula is C21H28N4O3. The summed E-state index contributed by atoms with van der Waals surface area (Å²) < 4.78 is 5.18. The van der Waals surface area contributed by atoms with Crippen LogP contribution < -0.4 is 10.6 Å². The first-order valence-electron chi connectivity index (χ1n) is 9.92. The van der Waals surface area contributed by atoms with Crippen molar-refractivity contribution in [1.29, 1.82) is 0 Å². The molecule has 2 N–H and O–H groups in total. The van der Waals surface area contributed by atoms with Crippen LogP contribution in [0.25, 0.3) is 0 Å². The highest BCUT2D eigenvalue weighted by molar-refractivity contribution is 5.88. The molecule has 0 spiro atoms. The molecule has 3 rings (SSSR count). The Labute approximate surface area is 165 Å². The number of amides is 2. The minimum atomic E-state index is -0.426. The van der Waals surface area contributed by atoms with Crippen LogP contribution in [0, 0.1) is 0 Å². The van der Waals surface area contributed by atoms with Gasteiger partial charge in [-0.1, -0.05) is 42.4 Å². The van der Waals surface area contributed by atoms with Gasteiger partial charge >= 0.3 is 0 Å². The van der Waals surface area contributed by atoms with Crippen LogP contribution in [0.5, 0.6) is 0 Å². The summed E-state index contributed by atoms with van der Waals surface area (Å²) in [6.07, 6.45) is 2.85. The Balaban J connectivity index is 1.48. The zero-order valence-electron chi connectivity index (χ0n) is 16.3. The lowest BCUT2D eigenvalue weighted by Gasteiger charge is -2.34. The van der Waals surface area contributed by atoms with Crippen LogP contribution in [-0.4, -0.2) is 47.5 Å². The number of nitrogens with one attached hydrogen (secondary N) is 2. The largest absolute Gasteiger partial charge is 0.359 e. The molecular weight excluding hydrogens is 356 g/mol. The molecule has 1 aromatic carbocycles. The lowest BCUT2D eigenvalue weighted by atomic mass is 10.1. The van der Waals surface area contributed by atoms with E-state index in [-0.39, 0.29) is 24.8 Å². The van der Waals surface area contributed by atoms with Gasteiger partial charge in [-0.05, 0) is 31.4 Å². The van der Waals surface area contributed by atoms with E-state index in [2.05, 4.69) is 32.8 Å². The van der Waals surface area contributed by atoms with Gasteiger partial charge in [-0.3, -0.25) is 14.5 Å². The molecule has 0 radical (unpaired) electrons. The molecule has 0 bridgehead atoms. The molecule has 0 saturated carbocycles. The highest BCUT2D eigenvalue weighted by Gasteiger charge is 2.31. The highest BCUT2D eigenvalue weighted by Crippen LogP contribution is 2.12. The molecule has 1 atom stereocenters. The third-order valence-electron chi connectivity index (χ3n) is 5.00. The average molecular weight is 384 g/mol. The number of carbonyl (C=O) groups is 2. The molecule has 28 heavy (non-hydrogen) atoms. The summed E-state index contributed by atoms with van der Waals surface area (Å²) in [5.41, 5.74) is 2.15. The van der Waals surface area contributed by atoms with Crippen molar-refractivity contribution < 1.29 is 14.1 Å². The second-order valence-corrected chi connectivity index (χ2v) is 7.05. The molecule has 2 heterocycles. The number of hydrogen-bond donors (Lipinski definition) is 2. The molecule has 2 amide bonds. The standard InChI is InChI=1S/C21H28N4O3/c1-2-17-13-18(28-24-17)15-23-20(26)14-19-21(27)22-10-12-25(19)11-6-9-16-7-4-3-5-8-16/h3-5,7-8,13,19H,2,6,9-12,14-15H2,1H3,(H,22,27)(H,23,26). The monoisotopic (exact) mass is 384 g/mol. The molecule has 1 saturated heterocycles. The van der Waals surface area contributed by atoms with Gasteiger partial charge in [0.1, 0.15) is 0 Å². The minimum absolute atomic E-state index is 0.0750. The number of aromatic nitrogens is 1. The molecule has 0 aliphatic carbocycles. The smallest absolute Gasteiger partial charge is 0.237 e. The fraction of sp³-hybridized carbons (Fsp3) is 0.476. The van der Waals surface area contributed by atoms with E-state index in [0.29, 0.717) is 12.3 Å². The van der Waals surface area contributed by atoms with Crippen LogP contribution in [0.2, 0.25) is 0 Å². The van der Waals surface area contributed by atoms with Crippen molar-refractivity contribution >= 4 is 11.8 Å². The van der Waals surface area contributed by atoms with Gasteiger partial charge in [0, 0.05) is 19.2 Å². The maximum Gasteiger partial charge on any atom is 0.237 e. The number of hydrogen-bond acceptors (Lipinski definition) is 5. The highest BCUT2D eigenvalue weighted by atomic mass is 16.5. The first-order valence-corrected chi connectivity index (χ1v) is 9.92.